The lowest BCUT2D eigenvalue weighted by molar-refractivity contribution is -0.114. The Morgan fingerprint density at radius 3 is 2.81 bits per heavy atom. The predicted octanol–water partition coefficient (Wildman–Crippen LogP) is 3.59. The van der Waals surface area contributed by atoms with Gasteiger partial charge < -0.3 is 0 Å². The fourth-order valence-electron chi connectivity index (χ4n) is 3.93. The number of pyridine rings is 1. The number of sulfonamides is 1. The molecule has 0 saturated heterocycles. The third kappa shape index (κ3) is 4.77. The highest BCUT2D eigenvalue weighted by Crippen LogP contribution is 2.40. The molecule has 0 spiro atoms. The van der Waals surface area contributed by atoms with Crippen LogP contribution in [0.1, 0.15) is 61.8 Å². The number of unbranched alkanes of at least 4 members (excludes halogenated alkanes) is 2. The van der Waals surface area contributed by atoms with E-state index in [-0.39, 0.29) is 5.75 Å². The highest BCUT2D eigenvalue weighted by molar-refractivity contribution is 7.90. The van der Waals surface area contributed by atoms with Crippen LogP contribution < -0.4 is 4.72 Å². The Morgan fingerprint density at radius 2 is 2.09 bits per heavy atom. The number of amides is 1. The molecule has 0 unspecified atom stereocenters. The zero-order valence-electron chi connectivity index (χ0n) is 18.7. The maximum absolute atomic E-state index is 12.3. The van der Waals surface area contributed by atoms with Gasteiger partial charge in [-0.3, -0.25) is 14.0 Å². The van der Waals surface area contributed by atoms with Crippen LogP contribution in [0.25, 0.3) is 22.9 Å². The molecule has 3 aromatic heterocycles. The quantitative estimate of drug-likeness (QED) is 0.393. The Hall–Kier alpha value is -2.94. The van der Waals surface area contributed by atoms with Crippen LogP contribution in [0.5, 0.6) is 0 Å². The molecule has 3 heterocycles. The standard InChI is InChI=1S/C23H29N5O3S/c1-4-5-6-13-32(30,31)26-21(29)10-9-20-16(2)25-27(3)23(20)28-12-11-18-14-19(17-7-8-17)15-24-22(18)28/h9-12,14-15,17H,4-8,13H2,1-3H3,(H,26,29). The molecule has 1 N–H and O–H groups in total. The first-order chi connectivity index (χ1) is 15.3. The topological polar surface area (TPSA) is 98.9 Å². The highest BCUT2D eigenvalue weighted by Gasteiger charge is 2.24. The Labute approximate surface area is 188 Å². The molecule has 8 nitrogen and oxygen atoms in total. The number of carbonyl (C=O) groups excluding carboxylic acids is 1. The molecule has 9 heteroatoms. The molecule has 4 rings (SSSR count). The van der Waals surface area contributed by atoms with Crippen LogP contribution in [0.2, 0.25) is 0 Å². The van der Waals surface area contributed by atoms with Crippen molar-refractivity contribution in [2.45, 2.75) is 51.9 Å². The highest BCUT2D eigenvalue weighted by atomic mass is 32.2. The molecule has 170 valence electrons. The van der Waals surface area contributed by atoms with Crippen LogP contribution in [-0.2, 0) is 21.9 Å². The van der Waals surface area contributed by atoms with E-state index >= 15 is 0 Å². The Kier molecular flexibility index (Phi) is 6.19. The van der Waals surface area contributed by atoms with Crippen LogP contribution >= 0.6 is 0 Å². The average molecular weight is 456 g/mol. The summed E-state index contributed by atoms with van der Waals surface area (Å²) in [7, 11) is -1.80. The summed E-state index contributed by atoms with van der Waals surface area (Å²) in [4.78, 5) is 17.0. The summed E-state index contributed by atoms with van der Waals surface area (Å²) in [6.07, 6.45) is 11.4. The average Bonchev–Trinajstić information content (AvgIpc) is 3.44. The van der Waals surface area contributed by atoms with Crippen LogP contribution in [0.15, 0.2) is 30.6 Å². The van der Waals surface area contributed by atoms with Crippen molar-refractivity contribution in [1.82, 2.24) is 24.1 Å². The number of nitrogens with one attached hydrogen (secondary N) is 1. The van der Waals surface area contributed by atoms with Gasteiger partial charge in [-0.25, -0.2) is 18.1 Å². The van der Waals surface area contributed by atoms with Gasteiger partial charge in [-0.05, 0) is 55.9 Å². The molecule has 1 aliphatic rings. The summed E-state index contributed by atoms with van der Waals surface area (Å²) in [6, 6.07) is 4.21. The second-order valence-electron chi connectivity index (χ2n) is 8.41. The van der Waals surface area contributed by atoms with Crippen molar-refractivity contribution in [1.29, 1.82) is 0 Å². The number of hydrogen-bond donors (Lipinski definition) is 1. The molecule has 1 saturated carbocycles. The number of fused-ring (bicyclic) bond motifs is 1. The first-order valence-corrected chi connectivity index (χ1v) is 12.7. The van der Waals surface area contributed by atoms with Crippen molar-refractivity contribution < 1.29 is 13.2 Å². The van der Waals surface area contributed by atoms with Crippen molar-refractivity contribution in [2.75, 3.05) is 5.75 Å². The van der Waals surface area contributed by atoms with E-state index in [1.165, 1.54) is 24.5 Å². The first-order valence-electron chi connectivity index (χ1n) is 11.0. The van der Waals surface area contributed by atoms with E-state index in [1.54, 1.807) is 10.8 Å². The molecule has 0 aromatic carbocycles. The maximum Gasteiger partial charge on any atom is 0.257 e. The number of nitrogens with zero attached hydrogens (tertiary/aromatic N) is 4. The second kappa shape index (κ2) is 8.90. The van der Waals surface area contributed by atoms with Crippen molar-refractivity contribution in [3.63, 3.8) is 0 Å². The molecule has 0 radical (unpaired) electrons. The van der Waals surface area contributed by atoms with Crippen LogP contribution in [-0.4, -0.2) is 39.4 Å². The van der Waals surface area contributed by atoms with Crippen molar-refractivity contribution in [3.05, 3.63) is 47.4 Å². The molecule has 32 heavy (non-hydrogen) atoms. The number of aromatic nitrogens is 4. The fourth-order valence-corrected chi connectivity index (χ4v) is 5.00. The molecule has 1 amide bonds. The third-order valence-electron chi connectivity index (χ3n) is 5.74. The lowest BCUT2D eigenvalue weighted by Gasteiger charge is -2.08. The molecule has 0 atom stereocenters. The van der Waals surface area contributed by atoms with Gasteiger partial charge in [0.2, 0.25) is 10.0 Å². The molecular formula is C23H29N5O3S. The van der Waals surface area contributed by atoms with E-state index in [0.29, 0.717) is 12.3 Å². The van der Waals surface area contributed by atoms with E-state index < -0.39 is 15.9 Å². The fraction of sp³-hybridized carbons (Fsp3) is 0.435. The minimum atomic E-state index is -3.64. The second-order valence-corrected chi connectivity index (χ2v) is 10.3. The van der Waals surface area contributed by atoms with Gasteiger partial charge in [0.1, 0.15) is 11.5 Å². The molecule has 1 aliphatic carbocycles. The maximum atomic E-state index is 12.3. The zero-order valence-corrected chi connectivity index (χ0v) is 19.5. The molecule has 1 fully saturated rings. The van der Waals surface area contributed by atoms with E-state index in [0.717, 1.165) is 41.0 Å². The van der Waals surface area contributed by atoms with Gasteiger partial charge in [-0.15, -0.1) is 0 Å². The smallest absolute Gasteiger partial charge is 0.257 e. The van der Waals surface area contributed by atoms with E-state index in [1.807, 2.05) is 43.9 Å². The molecule has 0 aliphatic heterocycles. The molecular weight excluding hydrogens is 426 g/mol. The minimum Gasteiger partial charge on any atom is -0.285 e. The van der Waals surface area contributed by atoms with Crippen LogP contribution in [0, 0.1) is 6.92 Å². The first kappa shape index (κ1) is 22.3. The normalized spacial score (nSPS) is 14.5. The third-order valence-corrected chi connectivity index (χ3v) is 7.07. The zero-order chi connectivity index (χ0) is 22.9. The van der Waals surface area contributed by atoms with Crippen molar-refractivity contribution >= 4 is 33.0 Å². The van der Waals surface area contributed by atoms with Crippen molar-refractivity contribution in [3.8, 4) is 5.82 Å². The summed E-state index contributed by atoms with van der Waals surface area (Å²) >= 11 is 0. The number of rotatable bonds is 9. The van der Waals surface area contributed by atoms with Crippen LogP contribution in [0.3, 0.4) is 0 Å². The van der Waals surface area contributed by atoms with Crippen LogP contribution in [0.4, 0.5) is 0 Å². The van der Waals surface area contributed by atoms with Gasteiger partial charge in [-0.2, -0.15) is 5.10 Å². The summed E-state index contributed by atoms with van der Waals surface area (Å²) < 4.78 is 30.0. The van der Waals surface area contributed by atoms with Gasteiger partial charge in [0.25, 0.3) is 5.91 Å². The summed E-state index contributed by atoms with van der Waals surface area (Å²) in [5, 5.41) is 5.55. The minimum absolute atomic E-state index is 0.0541. The van der Waals surface area contributed by atoms with E-state index in [2.05, 4.69) is 20.9 Å². The number of aryl methyl sites for hydroxylation is 2. The van der Waals surface area contributed by atoms with Gasteiger partial charge >= 0.3 is 0 Å². The van der Waals surface area contributed by atoms with Gasteiger partial charge in [-0.1, -0.05) is 19.8 Å². The number of carbonyl (C=O) groups is 1. The summed E-state index contributed by atoms with van der Waals surface area (Å²) in [6.45, 7) is 3.85. The molecule has 0 bridgehead atoms. The summed E-state index contributed by atoms with van der Waals surface area (Å²) in [5.74, 6) is 0.672. The predicted molar refractivity (Wildman–Crippen MR) is 125 cm³/mol. The monoisotopic (exact) mass is 455 g/mol. The Morgan fingerprint density at radius 1 is 1.31 bits per heavy atom. The molecule has 3 aromatic rings. The Bertz CT molecular complexity index is 1280. The Balaban J connectivity index is 1.59. The van der Waals surface area contributed by atoms with Gasteiger partial charge in [0, 0.05) is 36.5 Å². The van der Waals surface area contributed by atoms with Crippen molar-refractivity contribution in [2.24, 2.45) is 7.05 Å². The number of hydrogen-bond acceptors (Lipinski definition) is 5. The lowest BCUT2D eigenvalue weighted by atomic mass is 10.1. The van der Waals surface area contributed by atoms with E-state index in [9.17, 15) is 13.2 Å². The SMILES string of the molecule is CCCCCS(=O)(=O)NC(=O)C=Cc1c(C)nn(C)c1-n1ccc2cc(C3CC3)cnc21. The largest absolute Gasteiger partial charge is 0.285 e. The lowest BCUT2D eigenvalue weighted by Crippen LogP contribution is -2.31. The van der Waals surface area contributed by atoms with E-state index in [4.69, 9.17) is 0 Å². The van der Waals surface area contributed by atoms with Gasteiger partial charge in [0.15, 0.2) is 0 Å². The summed E-state index contributed by atoms with van der Waals surface area (Å²) in [5.41, 5.74) is 3.55. The van der Waals surface area contributed by atoms with Gasteiger partial charge in [0.05, 0.1) is 11.4 Å².